The summed E-state index contributed by atoms with van der Waals surface area (Å²) < 4.78 is 71.2. The summed E-state index contributed by atoms with van der Waals surface area (Å²) in [5, 5.41) is 0. The van der Waals surface area contributed by atoms with Crippen molar-refractivity contribution in [2.45, 2.75) is 26.6 Å². The summed E-state index contributed by atoms with van der Waals surface area (Å²) in [7, 11) is -3.50. The maximum Gasteiger partial charge on any atom is 0.231 e. The van der Waals surface area contributed by atoms with E-state index in [0.29, 0.717) is 52.9 Å². The minimum absolute atomic E-state index is 0.137. The Morgan fingerprint density at radius 1 is 0.900 bits per heavy atom. The molecule has 0 fully saturated rings. The molecular weight excluding hydrogens is 538 g/mol. The summed E-state index contributed by atoms with van der Waals surface area (Å²) in [5.41, 5.74) is 3.99. The summed E-state index contributed by atoms with van der Waals surface area (Å²) in [6.07, 6.45) is 1.08. The smallest absolute Gasteiger partial charge is 0.231 e. The van der Waals surface area contributed by atoms with Crippen molar-refractivity contribution in [3.63, 3.8) is 0 Å². The van der Waals surface area contributed by atoms with E-state index in [1.165, 1.54) is 12.1 Å². The highest BCUT2D eigenvalue weighted by molar-refractivity contribution is 7.92. The van der Waals surface area contributed by atoms with Crippen LogP contribution >= 0.6 is 0 Å². The van der Waals surface area contributed by atoms with Gasteiger partial charge in [0.2, 0.25) is 16.8 Å². The van der Waals surface area contributed by atoms with Gasteiger partial charge in [-0.3, -0.25) is 4.72 Å². The average Bonchev–Trinajstić information content (AvgIpc) is 3.38. The summed E-state index contributed by atoms with van der Waals surface area (Å²) >= 11 is 0. The number of hydrogen-bond donors (Lipinski definition) is 1. The lowest BCUT2D eigenvalue weighted by Gasteiger charge is -2.28. The molecule has 4 aromatic rings. The number of sulfonamides is 1. The van der Waals surface area contributed by atoms with Gasteiger partial charge in [0.05, 0.1) is 11.9 Å². The van der Waals surface area contributed by atoms with Crippen LogP contribution in [0, 0.1) is 18.6 Å². The SMILES string of the molecule is Cc1c(NS(C)(=O)=O)cccc1N(Cc1ccc(OCc2ccc3c(c2)OCO3)cc1)Cc1ccc(F)cc1F. The van der Waals surface area contributed by atoms with Gasteiger partial charge in [-0.1, -0.05) is 30.3 Å². The van der Waals surface area contributed by atoms with Crippen LogP contribution in [0.3, 0.4) is 0 Å². The highest BCUT2D eigenvalue weighted by Gasteiger charge is 2.17. The third kappa shape index (κ3) is 6.63. The molecule has 0 bridgehead atoms. The van der Waals surface area contributed by atoms with E-state index in [2.05, 4.69) is 4.72 Å². The first-order valence-corrected chi connectivity index (χ1v) is 14.4. The minimum atomic E-state index is -3.50. The summed E-state index contributed by atoms with van der Waals surface area (Å²) in [6.45, 7) is 2.87. The van der Waals surface area contributed by atoms with Gasteiger partial charge < -0.3 is 19.1 Å². The molecule has 10 heteroatoms. The first-order valence-electron chi connectivity index (χ1n) is 12.5. The Balaban J connectivity index is 1.36. The number of fused-ring (bicyclic) bond motifs is 1. The maximum atomic E-state index is 14.6. The number of halogens is 2. The molecule has 40 heavy (non-hydrogen) atoms. The highest BCUT2D eigenvalue weighted by Crippen LogP contribution is 2.33. The lowest BCUT2D eigenvalue weighted by atomic mass is 10.1. The molecule has 1 aliphatic heterocycles. The molecule has 5 rings (SSSR count). The third-order valence-corrected chi connectivity index (χ3v) is 7.05. The molecular formula is C30H28F2N2O5S. The standard InChI is InChI=1S/C30H28F2N2O5S/c1-20-27(33-40(2,35)36)4-3-5-28(20)34(17-23-9-10-24(31)15-26(23)32)16-21-6-11-25(12-7-21)37-18-22-8-13-29-30(14-22)39-19-38-29/h3-15,33H,16-19H2,1-2H3. The van der Waals surface area contributed by atoms with Crippen LogP contribution in [-0.2, 0) is 29.7 Å². The second-order valence-corrected chi connectivity index (χ2v) is 11.3. The number of hydrogen-bond acceptors (Lipinski definition) is 6. The molecule has 0 aliphatic carbocycles. The van der Waals surface area contributed by atoms with E-state index in [1.807, 2.05) is 53.4 Å². The van der Waals surface area contributed by atoms with Crippen LogP contribution in [0.4, 0.5) is 20.2 Å². The monoisotopic (exact) mass is 566 g/mol. The van der Waals surface area contributed by atoms with Gasteiger partial charge in [-0.15, -0.1) is 0 Å². The van der Waals surface area contributed by atoms with Gasteiger partial charge in [-0.25, -0.2) is 17.2 Å². The van der Waals surface area contributed by atoms with Gasteiger partial charge in [-0.2, -0.15) is 0 Å². The van der Waals surface area contributed by atoms with E-state index in [9.17, 15) is 17.2 Å². The van der Waals surface area contributed by atoms with Gasteiger partial charge in [0, 0.05) is 30.4 Å². The Labute approximate surface area is 232 Å². The number of nitrogens with one attached hydrogen (secondary N) is 1. The Hall–Kier alpha value is -4.31. The van der Waals surface area contributed by atoms with Crippen molar-refractivity contribution >= 4 is 21.4 Å². The van der Waals surface area contributed by atoms with E-state index in [0.717, 1.165) is 23.4 Å². The van der Waals surface area contributed by atoms with E-state index in [4.69, 9.17) is 14.2 Å². The predicted octanol–water partition coefficient (Wildman–Crippen LogP) is 6.16. The normalized spacial score (nSPS) is 12.3. The van der Waals surface area contributed by atoms with Crippen LogP contribution in [-0.4, -0.2) is 21.5 Å². The summed E-state index contributed by atoms with van der Waals surface area (Å²) in [5.74, 6) is 0.777. The molecule has 0 saturated heterocycles. The number of benzene rings is 4. The van der Waals surface area contributed by atoms with Crippen molar-refractivity contribution in [3.8, 4) is 17.2 Å². The largest absolute Gasteiger partial charge is 0.489 e. The molecule has 0 unspecified atom stereocenters. The lowest BCUT2D eigenvalue weighted by molar-refractivity contribution is 0.174. The zero-order chi connectivity index (χ0) is 28.3. The Kier molecular flexibility index (Phi) is 7.79. The Bertz CT molecular complexity index is 1630. The number of nitrogens with zero attached hydrogens (tertiary/aromatic N) is 1. The van der Waals surface area contributed by atoms with Gasteiger partial charge in [0.25, 0.3) is 0 Å². The molecule has 0 spiro atoms. The van der Waals surface area contributed by atoms with Crippen LogP contribution in [0.25, 0.3) is 0 Å². The van der Waals surface area contributed by atoms with Crippen molar-refractivity contribution in [3.05, 3.63) is 113 Å². The molecule has 0 radical (unpaired) electrons. The fraction of sp³-hybridized carbons (Fsp3) is 0.200. The van der Waals surface area contributed by atoms with Gasteiger partial charge in [0.1, 0.15) is 24.0 Å². The lowest BCUT2D eigenvalue weighted by Crippen LogP contribution is -2.24. The highest BCUT2D eigenvalue weighted by atomic mass is 32.2. The van der Waals surface area contributed by atoms with Crippen molar-refractivity contribution in [1.82, 2.24) is 0 Å². The fourth-order valence-corrected chi connectivity index (χ4v) is 5.09. The van der Waals surface area contributed by atoms with Crippen LogP contribution in [0.5, 0.6) is 17.2 Å². The average molecular weight is 567 g/mol. The van der Waals surface area contributed by atoms with Gasteiger partial charge in [-0.05, 0) is 66.1 Å². The van der Waals surface area contributed by atoms with E-state index in [-0.39, 0.29) is 13.3 Å². The van der Waals surface area contributed by atoms with E-state index in [1.54, 1.807) is 19.1 Å². The van der Waals surface area contributed by atoms with Crippen molar-refractivity contribution < 1.29 is 31.4 Å². The van der Waals surface area contributed by atoms with Crippen LogP contribution in [0.1, 0.15) is 22.3 Å². The minimum Gasteiger partial charge on any atom is -0.489 e. The fourth-order valence-electron chi connectivity index (χ4n) is 4.47. The summed E-state index contributed by atoms with van der Waals surface area (Å²) in [6, 6.07) is 21.9. The molecule has 1 aliphatic rings. The van der Waals surface area contributed by atoms with Crippen molar-refractivity contribution in [1.29, 1.82) is 0 Å². The number of ether oxygens (including phenoxy) is 3. The van der Waals surface area contributed by atoms with Crippen LogP contribution < -0.4 is 23.8 Å². The van der Waals surface area contributed by atoms with E-state index >= 15 is 0 Å². The molecule has 4 aromatic carbocycles. The molecule has 7 nitrogen and oxygen atoms in total. The van der Waals surface area contributed by atoms with Crippen molar-refractivity contribution in [2.24, 2.45) is 0 Å². The predicted molar refractivity (Wildman–Crippen MR) is 149 cm³/mol. The van der Waals surface area contributed by atoms with Gasteiger partial charge >= 0.3 is 0 Å². The Morgan fingerprint density at radius 3 is 2.40 bits per heavy atom. The zero-order valence-electron chi connectivity index (χ0n) is 22.0. The molecule has 1 N–H and O–H groups in total. The maximum absolute atomic E-state index is 14.6. The van der Waals surface area contributed by atoms with Crippen molar-refractivity contribution in [2.75, 3.05) is 22.7 Å². The molecule has 0 amide bonds. The first kappa shape index (κ1) is 27.3. The topological polar surface area (TPSA) is 77.1 Å². The first-order chi connectivity index (χ1) is 19.1. The quantitative estimate of drug-likeness (QED) is 0.248. The second kappa shape index (κ2) is 11.4. The second-order valence-electron chi connectivity index (χ2n) is 9.54. The Morgan fingerprint density at radius 2 is 1.65 bits per heavy atom. The van der Waals surface area contributed by atoms with Crippen LogP contribution in [0.15, 0.2) is 78.9 Å². The molecule has 1 heterocycles. The number of anilines is 2. The summed E-state index contributed by atoms with van der Waals surface area (Å²) in [4.78, 5) is 1.92. The molecule has 0 saturated carbocycles. The number of rotatable bonds is 10. The zero-order valence-corrected chi connectivity index (χ0v) is 22.8. The third-order valence-electron chi connectivity index (χ3n) is 6.46. The molecule has 0 aromatic heterocycles. The van der Waals surface area contributed by atoms with E-state index < -0.39 is 21.7 Å². The molecule has 208 valence electrons. The molecule has 0 atom stereocenters. The van der Waals surface area contributed by atoms with Crippen LogP contribution in [0.2, 0.25) is 0 Å². The van der Waals surface area contributed by atoms with Gasteiger partial charge in [0.15, 0.2) is 11.5 Å².